The van der Waals surface area contributed by atoms with Gasteiger partial charge in [0.15, 0.2) is 5.84 Å². The highest BCUT2D eigenvalue weighted by Gasteiger charge is 2.35. The van der Waals surface area contributed by atoms with Crippen LogP contribution in [-0.4, -0.2) is 47.2 Å². The quantitative estimate of drug-likeness (QED) is 0.375. The van der Waals surface area contributed by atoms with Crippen LogP contribution in [0.2, 0.25) is 0 Å². The number of hydrogen-bond donors (Lipinski definition) is 3. The highest BCUT2D eigenvalue weighted by Crippen LogP contribution is 2.33. The van der Waals surface area contributed by atoms with E-state index < -0.39 is 5.60 Å². The van der Waals surface area contributed by atoms with Crippen molar-refractivity contribution in [2.24, 2.45) is 21.5 Å². The third kappa shape index (κ3) is 5.07. The number of aliphatic imine (C=N–C) groups is 2. The summed E-state index contributed by atoms with van der Waals surface area (Å²) >= 11 is 0. The summed E-state index contributed by atoms with van der Waals surface area (Å²) in [4.78, 5) is 16.3. The second-order valence-electron chi connectivity index (χ2n) is 8.06. The second-order valence-corrected chi connectivity index (χ2v) is 8.06. The molecule has 1 aromatic heterocycles. The summed E-state index contributed by atoms with van der Waals surface area (Å²) in [6.07, 6.45) is 1.07. The predicted octanol–water partition coefficient (Wildman–Crippen LogP) is 2.19. The summed E-state index contributed by atoms with van der Waals surface area (Å²) in [5.41, 5.74) is 12.9. The van der Waals surface area contributed by atoms with Gasteiger partial charge in [0.1, 0.15) is 5.82 Å². The monoisotopic (exact) mass is 460 g/mol. The number of aromatic nitrogens is 2. The molecule has 1 aliphatic heterocycles. The molecule has 5 N–H and O–H groups in total. The first kappa shape index (κ1) is 23.0. The Balaban J connectivity index is 1.39. The van der Waals surface area contributed by atoms with Crippen LogP contribution in [0.1, 0.15) is 24.2 Å². The molecule has 0 bridgehead atoms. The van der Waals surface area contributed by atoms with Crippen molar-refractivity contribution >= 4 is 23.5 Å². The van der Waals surface area contributed by atoms with Gasteiger partial charge in [0, 0.05) is 25.8 Å². The van der Waals surface area contributed by atoms with Gasteiger partial charge in [-0.3, -0.25) is 0 Å². The Labute approximate surface area is 197 Å². The maximum absolute atomic E-state index is 11.0. The molecule has 0 aliphatic carbocycles. The average molecular weight is 461 g/mol. The Bertz CT molecular complexity index is 1180. The lowest BCUT2D eigenvalue weighted by Crippen LogP contribution is -2.42. The van der Waals surface area contributed by atoms with Crippen molar-refractivity contribution in [1.82, 2.24) is 10.1 Å². The number of rotatable bonds is 6. The molecule has 176 valence electrons. The smallest absolute Gasteiger partial charge is 0.324 e. The predicted molar refractivity (Wildman–Crippen MR) is 132 cm³/mol. The van der Waals surface area contributed by atoms with Crippen molar-refractivity contribution in [2.45, 2.75) is 18.4 Å². The lowest BCUT2D eigenvalue weighted by atomic mass is 9.84. The molecule has 2 aromatic carbocycles. The zero-order valence-corrected chi connectivity index (χ0v) is 19.0. The van der Waals surface area contributed by atoms with Gasteiger partial charge in [-0.05, 0) is 30.5 Å². The average Bonchev–Trinajstić information content (AvgIpc) is 3.35. The summed E-state index contributed by atoms with van der Waals surface area (Å²) in [5, 5.41) is 14.9. The van der Waals surface area contributed by atoms with Gasteiger partial charge in [0.2, 0.25) is 11.8 Å². The van der Waals surface area contributed by atoms with Crippen molar-refractivity contribution in [3.05, 3.63) is 84.5 Å². The van der Waals surface area contributed by atoms with Gasteiger partial charge in [-0.1, -0.05) is 60.3 Å². The maximum atomic E-state index is 11.0. The highest BCUT2D eigenvalue weighted by atomic mass is 16.5. The number of aliphatic hydroxyl groups is 1. The van der Waals surface area contributed by atoms with E-state index >= 15 is 0 Å². The maximum Gasteiger partial charge on any atom is 0.324 e. The molecule has 0 spiro atoms. The molecular weight excluding hydrogens is 432 g/mol. The Morgan fingerprint density at radius 1 is 1.06 bits per heavy atom. The number of nitrogens with zero attached hydrogens (tertiary/aromatic N) is 6. The SMILES string of the molecule is C=C(/N=C(N)\N=C(/N)c1noc(N2CCC(O)(c3ccccc3)CC2)n1)N(C)c1ccccc1. The van der Waals surface area contributed by atoms with Crippen molar-refractivity contribution in [3.8, 4) is 0 Å². The zero-order chi connectivity index (χ0) is 24.1. The Morgan fingerprint density at radius 2 is 1.68 bits per heavy atom. The number of amidine groups is 1. The lowest BCUT2D eigenvalue weighted by molar-refractivity contribution is 0.0109. The van der Waals surface area contributed by atoms with E-state index in [1.54, 1.807) is 4.90 Å². The van der Waals surface area contributed by atoms with Gasteiger partial charge in [-0.2, -0.15) is 15.0 Å². The number of benzene rings is 2. The van der Waals surface area contributed by atoms with Crippen LogP contribution in [0.4, 0.5) is 11.7 Å². The van der Waals surface area contributed by atoms with Crippen molar-refractivity contribution in [1.29, 1.82) is 0 Å². The van der Waals surface area contributed by atoms with Gasteiger partial charge in [0.05, 0.1) is 5.60 Å². The molecule has 1 fully saturated rings. The fourth-order valence-electron chi connectivity index (χ4n) is 3.76. The molecule has 0 saturated carbocycles. The van der Waals surface area contributed by atoms with Crippen LogP contribution in [0, 0.1) is 0 Å². The van der Waals surface area contributed by atoms with Gasteiger partial charge < -0.3 is 30.9 Å². The second kappa shape index (κ2) is 9.75. The van der Waals surface area contributed by atoms with E-state index in [2.05, 4.69) is 26.7 Å². The molecule has 1 saturated heterocycles. The van der Waals surface area contributed by atoms with E-state index in [4.69, 9.17) is 16.0 Å². The molecule has 2 heterocycles. The molecule has 1 aliphatic rings. The first-order valence-electron chi connectivity index (χ1n) is 10.9. The molecule has 0 atom stereocenters. The topological polar surface area (TPSA) is 142 Å². The fourth-order valence-corrected chi connectivity index (χ4v) is 3.76. The van der Waals surface area contributed by atoms with Crippen LogP contribution in [0.5, 0.6) is 0 Å². The molecule has 4 rings (SSSR count). The molecule has 10 heteroatoms. The summed E-state index contributed by atoms with van der Waals surface area (Å²) in [6, 6.07) is 19.6. The first-order chi connectivity index (χ1) is 16.4. The third-order valence-electron chi connectivity index (χ3n) is 5.83. The standard InChI is InChI=1S/C24H28N8O2/c1-17(31(2)19-11-7-4-8-12-19)27-22(26)28-20(25)21-29-23(34-30-21)32-15-13-24(33,14-16-32)18-9-5-3-6-10-18/h3-12,33H,1,13-16H2,2H3,(H4,25,26,27,28). The van der Waals surface area contributed by atoms with Crippen LogP contribution in [0.3, 0.4) is 0 Å². The van der Waals surface area contributed by atoms with Gasteiger partial charge in [-0.15, -0.1) is 0 Å². The Morgan fingerprint density at radius 3 is 2.32 bits per heavy atom. The Hall–Kier alpha value is -4.18. The van der Waals surface area contributed by atoms with Crippen LogP contribution >= 0.6 is 0 Å². The van der Waals surface area contributed by atoms with Crippen molar-refractivity contribution in [2.75, 3.05) is 29.9 Å². The number of guanidine groups is 1. The Kier molecular flexibility index (Phi) is 6.60. The third-order valence-corrected chi connectivity index (χ3v) is 5.83. The number of piperidine rings is 1. The molecule has 34 heavy (non-hydrogen) atoms. The molecule has 0 radical (unpaired) electrons. The summed E-state index contributed by atoms with van der Waals surface area (Å²) in [5.74, 6) is 0.402. The highest BCUT2D eigenvalue weighted by molar-refractivity contribution is 6.02. The number of para-hydroxylation sites is 1. The fraction of sp³-hybridized carbons (Fsp3) is 0.250. The largest absolute Gasteiger partial charge is 0.385 e. The molecule has 3 aromatic rings. The summed E-state index contributed by atoms with van der Waals surface area (Å²) in [6.45, 7) is 5.03. The van der Waals surface area contributed by atoms with Crippen LogP contribution in [-0.2, 0) is 5.60 Å². The zero-order valence-electron chi connectivity index (χ0n) is 19.0. The van der Waals surface area contributed by atoms with E-state index in [1.165, 1.54) is 0 Å². The van der Waals surface area contributed by atoms with E-state index in [0.29, 0.717) is 37.8 Å². The van der Waals surface area contributed by atoms with E-state index in [0.717, 1.165) is 11.3 Å². The first-order valence-corrected chi connectivity index (χ1v) is 10.9. The molecular formula is C24H28N8O2. The van der Waals surface area contributed by atoms with Crippen LogP contribution in [0.25, 0.3) is 0 Å². The van der Waals surface area contributed by atoms with Crippen LogP contribution in [0.15, 0.2) is 87.6 Å². The van der Waals surface area contributed by atoms with E-state index in [9.17, 15) is 5.11 Å². The molecule has 0 amide bonds. The van der Waals surface area contributed by atoms with E-state index in [-0.39, 0.29) is 17.6 Å². The number of nitrogens with two attached hydrogens (primary N) is 2. The minimum atomic E-state index is -0.874. The molecule has 10 nitrogen and oxygen atoms in total. The van der Waals surface area contributed by atoms with Gasteiger partial charge in [0.25, 0.3) is 0 Å². The number of anilines is 2. The summed E-state index contributed by atoms with van der Waals surface area (Å²) in [7, 11) is 1.82. The lowest BCUT2D eigenvalue weighted by Gasteiger charge is -2.37. The minimum Gasteiger partial charge on any atom is -0.385 e. The van der Waals surface area contributed by atoms with Crippen molar-refractivity contribution in [3.63, 3.8) is 0 Å². The summed E-state index contributed by atoms with van der Waals surface area (Å²) < 4.78 is 5.37. The van der Waals surface area contributed by atoms with Gasteiger partial charge in [-0.25, -0.2) is 0 Å². The normalized spacial score (nSPS) is 16.4. The van der Waals surface area contributed by atoms with Crippen molar-refractivity contribution < 1.29 is 9.63 Å². The van der Waals surface area contributed by atoms with Gasteiger partial charge >= 0.3 is 6.01 Å². The number of hydrogen-bond acceptors (Lipinski definition) is 7. The molecule has 0 unspecified atom stereocenters. The van der Waals surface area contributed by atoms with Crippen LogP contribution < -0.4 is 21.3 Å². The van der Waals surface area contributed by atoms with E-state index in [1.807, 2.05) is 72.6 Å². The minimum absolute atomic E-state index is 0.0239.